The molecule has 3 rings (SSSR count). The van der Waals surface area contributed by atoms with Gasteiger partial charge in [0.25, 0.3) is 5.91 Å². The molecule has 1 N–H and O–H groups in total. The third-order valence-corrected chi connectivity index (χ3v) is 4.22. The molecule has 1 heterocycles. The van der Waals surface area contributed by atoms with Crippen LogP contribution in [0, 0.1) is 13.8 Å². The maximum atomic E-state index is 12.5. The maximum absolute atomic E-state index is 12.5. The highest BCUT2D eigenvalue weighted by Crippen LogP contribution is 2.20. The van der Waals surface area contributed by atoms with Gasteiger partial charge in [0.15, 0.2) is 0 Å². The molecule has 0 aliphatic heterocycles. The van der Waals surface area contributed by atoms with Crippen LogP contribution in [0.2, 0.25) is 0 Å². The van der Waals surface area contributed by atoms with Crippen LogP contribution in [0.15, 0.2) is 47.6 Å². The van der Waals surface area contributed by atoms with E-state index in [1.165, 1.54) is 11.8 Å². The Morgan fingerprint density at radius 1 is 1.17 bits per heavy atom. The van der Waals surface area contributed by atoms with Gasteiger partial charge >= 0.3 is 0 Å². The Hall–Kier alpha value is -2.67. The smallest absolute Gasteiger partial charge is 0.255 e. The zero-order chi connectivity index (χ0) is 17.1. The van der Waals surface area contributed by atoms with Crippen LogP contribution in [0.25, 0.3) is 5.69 Å². The van der Waals surface area contributed by atoms with Crippen molar-refractivity contribution in [1.29, 1.82) is 0 Å². The topological polar surface area (TPSA) is 72.7 Å². The summed E-state index contributed by atoms with van der Waals surface area (Å²) in [5.41, 5.74) is 4.24. The van der Waals surface area contributed by atoms with E-state index in [0.717, 1.165) is 16.8 Å². The number of amides is 1. The minimum atomic E-state index is -0.133. The summed E-state index contributed by atoms with van der Waals surface area (Å²) in [7, 11) is 0. The van der Waals surface area contributed by atoms with E-state index in [9.17, 15) is 4.79 Å². The van der Waals surface area contributed by atoms with E-state index in [4.69, 9.17) is 0 Å². The average Bonchev–Trinajstić information content (AvgIpc) is 3.03. The van der Waals surface area contributed by atoms with E-state index in [1.54, 1.807) is 4.68 Å². The first kappa shape index (κ1) is 16.2. The van der Waals surface area contributed by atoms with E-state index in [-0.39, 0.29) is 5.91 Å². The van der Waals surface area contributed by atoms with Crippen LogP contribution in [0.3, 0.4) is 0 Å². The molecule has 0 bridgehead atoms. The van der Waals surface area contributed by atoms with Gasteiger partial charge < -0.3 is 5.32 Å². The summed E-state index contributed by atoms with van der Waals surface area (Å²) >= 11 is 1.46. The molecule has 0 atom stereocenters. The van der Waals surface area contributed by atoms with E-state index in [1.807, 2.05) is 62.6 Å². The number of nitrogens with zero attached hydrogens (tertiary/aromatic N) is 4. The second kappa shape index (κ2) is 6.84. The molecular formula is C17H17N5OS. The fourth-order valence-electron chi connectivity index (χ4n) is 2.45. The van der Waals surface area contributed by atoms with E-state index in [2.05, 4.69) is 20.8 Å². The van der Waals surface area contributed by atoms with Gasteiger partial charge in [-0.3, -0.25) is 4.79 Å². The van der Waals surface area contributed by atoms with Crippen molar-refractivity contribution >= 4 is 23.4 Å². The van der Waals surface area contributed by atoms with Crippen molar-refractivity contribution in [2.45, 2.75) is 19.0 Å². The van der Waals surface area contributed by atoms with Gasteiger partial charge in [-0.05, 0) is 60.4 Å². The number of tetrazole rings is 1. The SMILES string of the molecule is CSc1nnnn1-c1cccc(NC(=O)c2ccc(C)cc2C)c1. The number of hydrogen-bond acceptors (Lipinski definition) is 5. The van der Waals surface area contributed by atoms with Gasteiger partial charge in [-0.2, -0.15) is 4.68 Å². The predicted octanol–water partition coefficient (Wildman–Crippen LogP) is 3.25. The van der Waals surface area contributed by atoms with Crippen LogP contribution < -0.4 is 5.32 Å². The number of rotatable bonds is 4. The number of benzene rings is 2. The predicted molar refractivity (Wildman–Crippen MR) is 94.8 cm³/mol. The molecule has 6 nitrogen and oxygen atoms in total. The second-order valence-corrected chi connectivity index (χ2v) is 6.17. The molecule has 0 aliphatic rings. The van der Waals surface area contributed by atoms with Gasteiger partial charge in [-0.1, -0.05) is 35.5 Å². The first-order valence-corrected chi connectivity index (χ1v) is 8.62. The zero-order valence-corrected chi connectivity index (χ0v) is 14.5. The number of anilines is 1. The Kier molecular flexibility index (Phi) is 4.61. The van der Waals surface area contributed by atoms with Crippen LogP contribution in [0.4, 0.5) is 5.69 Å². The van der Waals surface area contributed by atoms with Crippen molar-refractivity contribution in [2.24, 2.45) is 0 Å². The van der Waals surface area contributed by atoms with Gasteiger partial charge in [0.05, 0.1) is 5.69 Å². The zero-order valence-electron chi connectivity index (χ0n) is 13.6. The Balaban J connectivity index is 1.86. The number of carbonyl (C=O) groups excluding carboxylic acids is 1. The molecule has 0 radical (unpaired) electrons. The molecular weight excluding hydrogens is 322 g/mol. The number of aryl methyl sites for hydroxylation is 2. The molecule has 0 unspecified atom stereocenters. The molecule has 2 aromatic carbocycles. The van der Waals surface area contributed by atoms with Crippen molar-refractivity contribution in [3.05, 3.63) is 59.2 Å². The van der Waals surface area contributed by atoms with Crippen LogP contribution in [0.1, 0.15) is 21.5 Å². The minimum Gasteiger partial charge on any atom is -0.322 e. The average molecular weight is 339 g/mol. The lowest BCUT2D eigenvalue weighted by Crippen LogP contribution is -2.13. The minimum absolute atomic E-state index is 0.133. The molecule has 1 aromatic heterocycles. The molecule has 0 saturated carbocycles. The van der Waals surface area contributed by atoms with E-state index in [0.29, 0.717) is 16.4 Å². The van der Waals surface area contributed by atoms with Crippen molar-refractivity contribution in [3.8, 4) is 5.69 Å². The molecule has 0 aliphatic carbocycles. The van der Waals surface area contributed by atoms with Crippen LogP contribution >= 0.6 is 11.8 Å². The highest BCUT2D eigenvalue weighted by molar-refractivity contribution is 7.98. The molecule has 0 saturated heterocycles. The number of nitrogens with one attached hydrogen (secondary N) is 1. The van der Waals surface area contributed by atoms with Gasteiger partial charge in [0, 0.05) is 11.3 Å². The quantitative estimate of drug-likeness (QED) is 0.739. The molecule has 3 aromatic rings. The van der Waals surface area contributed by atoms with Crippen molar-refractivity contribution in [2.75, 3.05) is 11.6 Å². The molecule has 7 heteroatoms. The third kappa shape index (κ3) is 3.30. The molecule has 122 valence electrons. The van der Waals surface area contributed by atoms with E-state index < -0.39 is 0 Å². The third-order valence-electron chi connectivity index (χ3n) is 3.60. The maximum Gasteiger partial charge on any atom is 0.255 e. The monoisotopic (exact) mass is 339 g/mol. The molecule has 1 amide bonds. The lowest BCUT2D eigenvalue weighted by Gasteiger charge is -2.10. The highest BCUT2D eigenvalue weighted by atomic mass is 32.2. The second-order valence-electron chi connectivity index (χ2n) is 5.40. The fourth-order valence-corrected chi connectivity index (χ4v) is 2.88. The van der Waals surface area contributed by atoms with Crippen molar-refractivity contribution < 1.29 is 4.79 Å². The summed E-state index contributed by atoms with van der Waals surface area (Å²) in [5.74, 6) is -0.133. The van der Waals surface area contributed by atoms with E-state index >= 15 is 0 Å². The number of thioether (sulfide) groups is 1. The van der Waals surface area contributed by atoms with Gasteiger partial charge in [0.2, 0.25) is 5.16 Å². The molecule has 0 spiro atoms. The lowest BCUT2D eigenvalue weighted by atomic mass is 10.1. The Bertz CT molecular complexity index is 890. The van der Waals surface area contributed by atoms with Crippen molar-refractivity contribution in [1.82, 2.24) is 20.2 Å². The summed E-state index contributed by atoms with van der Waals surface area (Å²) in [6.07, 6.45) is 1.91. The standard InChI is InChI=1S/C17H17N5OS/c1-11-7-8-15(12(2)9-11)16(23)18-13-5-4-6-14(10-13)22-17(24-3)19-20-21-22/h4-10H,1-3H3,(H,18,23). The van der Waals surface area contributed by atoms with Gasteiger partial charge in [0.1, 0.15) is 0 Å². The van der Waals surface area contributed by atoms with Crippen molar-refractivity contribution in [3.63, 3.8) is 0 Å². The number of hydrogen-bond donors (Lipinski definition) is 1. The normalized spacial score (nSPS) is 10.6. The first-order valence-electron chi connectivity index (χ1n) is 7.40. The summed E-state index contributed by atoms with van der Waals surface area (Å²) in [6, 6.07) is 13.2. The Morgan fingerprint density at radius 2 is 2.00 bits per heavy atom. The summed E-state index contributed by atoms with van der Waals surface area (Å²) in [6.45, 7) is 3.94. The summed E-state index contributed by atoms with van der Waals surface area (Å²) in [4.78, 5) is 12.5. The summed E-state index contributed by atoms with van der Waals surface area (Å²) < 4.78 is 1.64. The first-order chi connectivity index (χ1) is 11.6. The largest absolute Gasteiger partial charge is 0.322 e. The van der Waals surface area contributed by atoms with Crippen LogP contribution in [-0.2, 0) is 0 Å². The fraction of sp³-hybridized carbons (Fsp3) is 0.176. The summed E-state index contributed by atoms with van der Waals surface area (Å²) in [5, 5.41) is 15.2. The Morgan fingerprint density at radius 3 is 2.75 bits per heavy atom. The van der Waals surface area contributed by atoms with Gasteiger partial charge in [-0.25, -0.2) is 0 Å². The lowest BCUT2D eigenvalue weighted by molar-refractivity contribution is 0.102. The highest BCUT2D eigenvalue weighted by Gasteiger charge is 2.11. The molecule has 24 heavy (non-hydrogen) atoms. The number of carbonyl (C=O) groups is 1. The van der Waals surface area contributed by atoms with Crippen LogP contribution in [-0.4, -0.2) is 32.4 Å². The van der Waals surface area contributed by atoms with Gasteiger partial charge in [-0.15, -0.1) is 5.10 Å². The van der Waals surface area contributed by atoms with Crippen LogP contribution in [0.5, 0.6) is 0 Å². The molecule has 0 fully saturated rings. The Labute approximate surface area is 144 Å². The number of aromatic nitrogens is 4.